The number of hydrogen-bond acceptors (Lipinski definition) is 4. The Kier molecular flexibility index (Phi) is 3.52. The van der Waals surface area contributed by atoms with Crippen LogP contribution in [-0.4, -0.2) is 23.6 Å². The van der Waals surface area contributed by atoms with Crippen molar-refractivity contribution in [2.45, 2.75) is 0 Å². The van der Waals surface area contributed by atoms with E-state index in [1.165, 1.54) is 12.1 Å². The Hall–Kier alpha value is -3.42. The van der Waals surface area contributed by atoms with Gasteiger partial charge in [-0.05, 0) is 10.8 Å². The zero-order valence-electron chi connectivity index (χ0n) is 11.3. The molecule has 0 bridgehead atoms. The number of fused-ring (bicyclic) bond motifs is 1. The van der Waals surface area contributed by atoms with E-state index in [0.29, 0.717) is 0 Å². The summed E-state index contributed by atoms with van der Waals surface area (Å²) in [5.74, 6) is -4.20. The van der Waals surface area contributed by atoms with E-state index in [-0.39, 0.29) is 21.9 Å². The average Bonchev–Trinajstić information content (AvgIpc) is 2.43. The van der Waals surface area contributed by atoms with Crippen LogP contribution in [0.25, 0.3) is 10.8 Å². The van der Waals surface area contributed by atoms with Gasteiger partial charge in [0.15, 0.2) is 0 Å². The zero-order valence-corrected chi connectivity index (χ0v) is 11.3. The number of primary amides is 4. The first-order chi connectivity index (χ1) is 10.3. The summed E-state index contributed by atoms with van der Waals surface area (Å²) >= 11 is 0. The molecule has 2 rings (SSSR count). The van der Waals surface area contributed by atoms with E-state index in [1.54, 1.807) is 12.1 Å². The molecule has 0 radical (unpaired) electrons. The number of rotatable bonds is 4. The van der Waals surface area contributed by atoms with Crippen LogP contribution < -0.4 is 22.9 Å². The van der Waals surface area contributed by atoms with Crippen molar-refractivity contribution >= 4 is 34.4 Å². The fourth-order valence-electron chi connectivity index (χ4n) is 2.44. The summed E-state index contributed by atoms with van der Waals surface area (Å²) in [4.78, 5) is 46.9. The predicted octanol–water partition coefficient (Wildman–Crippen LogP) is -0.765. The van der Waals surface area contributed by atoms with Crippen molar-refractivity contribution in [3.63, 3.8) is 0 Å². The molecule has 8 N–H and O–H groups in total. The first-order valence-corrected chi connectivity index (χ1v) is 6.05. The first-order valence-electron chi connectivity index (χ1n) is 6.05. The van der Waals surface area contributed by atoms with E-state index >= 15 is 0 Å². The van der Waals surface area contributed by atoms with E-state index in [0.717, 1.165) is 0 Å². The summed E-state index contributed by atoms with van der Waals surface area (Å²) in [5.41, 5.74) is 19.5. The highest BCUT2D eigenvalue weighted by atomic mass is 16.2. The number of carbonyl (C=O) groups is 4. The lowest BCUT2D eigenvalue weighted by atomic mass is 9.87. The van der Waals surface area contributed by atoms with Crippen molar-refractivity contribution in [2.75, 3.05) is 0 Å². The van der Waals surface area contributed by atoms with Gasteiger partial charge in [0.2, 0.25) is 23.6 Å². The molecule has 0 spiro atoms. The highest BCUT2D eigenvalue weighted by Crippen LogP contribution is 2.30. The summed E-state index contributed by atoms with van der Waals surface area (Å²) in [6.45, 7) is 0. The van der Waals surface area contributed by atoms with Crippen LogP contribution in [0, 0.1) is 0 Å². The van der Waals surface area contributed by atoms with Crippen molar-refractivity contribution in [1.82, 2.24) is 0 Å². The second-order valence-electron chi connectivity index (χ2n) is 4.50. The summed E-state index contributed by atoms with van der Waals surface area (Å²) in [6.07, 6.45) is 0. The summed E-state index contributed by atoms with van der Waals surface area (Å²) in [5, 5.41) is 0.366. The molecule has 0 aliphatic rings. The lowest BCUT2D eigenvalue weighted by Gasteiger charge is -2.16. The molecule has 0 atom stereocenters. The van der Waals surface area contributed by atoms with Crippen LogP contribution in [0.4, 0.5) is 0 Å². The van der Waals surface area contributed by atoms with Gasteiger partial charge in [-0.15, -0.1) is 0 Å². The molecule has 0 aliphatic carbocycles. The Morgan fingerprint density at radius 3 is 1.05 bits per heavy atom. The van der Waals surface area contributed by atoms with Crippen LogP contribution >= 0.6 is 0 Å². The molecular formula is C14H12N4O4. The second kappa shape index (κ2) is 5.17. The molecule has 0 aromatic heterocycles. The maximum atomic E-state index is 11.7. The Balaban J connectivity index is 3.25. The van der Waals surface area contributed by atoms with Crippen LogP contribution in [0.5, 0.6) is 0 Å². The van der Waals surface area contributed by atoms with Gasteiger partial charge in [0.25, 0.3) is 0 Å². The van der Waals surface area contributed by atoms with Gasteiger partial charge in [-0.3, -0.25) is 19.2 Å². The van der Waals surface area contributed by atoms with Gasteiger partial charge in [-0.25, -0.2) is 0 Å². The Labute approximate surface area is 124 Å². The van der Waals surface area contributed by atoms with Gasteiger partial charge in [-0.1, -0.05) is 24.3 Å². The highest BCUT2D eigenvalue weighted by molar-refractivity contribution is 6.26. The normalized spacial score (nSPS) is 10.4. The monoisotopic (exact) mass is 300 g/mol. The third kappa shape index (κ3) is 2.12. The molecule has 2 aromatic carbocycles. The molecule has 22 heavy (non-hydrogen) atoms. The Morgan fingerprint density at radius 1 is 0.545 bits per heavy atom. The van der Waals surface area contributed by atoms with Gasteiger partial charge in [0.05, 0.1) is 22.3 Å². The van der Waals surface area contributed by atoms with Crippen molar-refractivity contribution in [3.05, 3.63) is 46.5 Å². The largest absolute Gasteiger partial charge is 0.366 e. The maximum absolute atomic E-state index is 11.7. The number of carbonyl (C=O) groups excluding carboxylic acids is 4. The lowest BCUT2D eigenvalue weighted by Crippen LogP contribution is -2.30. The molecule has 0 saturated carbocycles. The Morgan fingerprint density at radius 2 is 0.818 bits per heavy atom. The van der Waals surface area contributed by atoms with E-state index < -0.39 is 34.8 Å². The average molecular weight is 300 g/mol. The fourth-order valence-corrected chi connectivity index (χ4v) is 2.44. The molecule has 4 amide bonds. The highest BCUT2D eigenvalue weighted by Gasteiger charge is 2.29. The molecule has 8 nitrogen and oxygen atoms in total. The topological polar surface area (TPSA) is 172 Å². The molecule has 2 aromatic rings. The third-order valence-corrected chi connectivity index (χ3v) is 3.20. The summed E-state index contributed by atoms with van der Waals surface area (Å²) < 4.78 is 0. The summed E-state index contributed by atoms with van der Waals surface area (Å²) in [6, 6.07) is 6.04. The zero-order chi connectivity index (χ0) is 16.6. The van der Waals surface area contributed by atoms with Gasteiger partial charge < -0.3 is 22.9 Å². The molecule has 0 saturated heterocycles. The van der Waals surface area contributed by atoms with E-state index in [9.17, 15) is 19.2 Å². The van der Waals surface area contributed by atoms with Crippen LogP contribution in [0.2, 0.25) is 0 Å². The SMILES string of the molecule is NC(=O)c1c(C(N)=O)c(C(N)=O)c2ccccc2c1C(N)=O. The minimum atomic E-state index is -1.11. The quantitative estimate of drug-likeness (QED) is 0.581. The first kappa shape index (κ1) is 15.0. The molecule has 8 heteroatoms. The number of amides is 4. The van der Waals surface area contributed by atoms with Crippen LogP contribution in [-0.2, 0) is 0 Å². The van der Waals surface area contributed by atoms with Crippen LogP contribution in [0.15, 0.2) is 24.3 Å². The fraction of sp³-hybridized carbons (Fsp3) is 0. The van der Waals surface area contributed by atoms with E-state index in [4.69, 9.17) is 22.9 Å². The van der Waals surface area contributed by atoms with Crippen molar-refractivity contribution in [2.24, 2.45) is 22.9 Å². The summed E-state index contributed by atoms with van der Waals surface area (Å²) in [7, 11) is 0. The minimum absolute atomic E-state index is 0.183. The Bertz CT molecular complexity index is 787. The smallest absolute Gasteiger partial charge is 0.250 e. The number of nitrogens with two attached hydrogens (primary N) is 4. The predicted molar refractivity (Wildman–Crippen MR) is 78.0 cm³/mol. The molecule has 0 fully saturated rings. The van der Waals surface area contributed by atoms with Gasteiger partial charge in [0, 0.05) is 0 Å². The van der Waals surface area contributed by atoms with E-state index in [2.05, 4.69) is 0 Å². The standard InChI is InChI=1S/C14H12N4O4/c15-11(19)7-5-3-1-2-4-6(5)8(12(16)20)10(14(18)22)9(7)13(17)21/h1-4H,(H2,15,19)(H2,16,20)(H2,17,21)(H2,18,22). The van der Waals surface area contributed by atoms with Crippen molar-refractivity contribution < 1.29 is 19.2 Å². The second-order valence-corrected chi connectivity index (χ2v) is 4.50. The van der Waals surface area contributed by atoms with E-state index in [1.807, 2.05) is 0 Å². The molecule has 0 aliphatic heterocycles. The van der Waals surface area contributed by atoms with Gasteiger partial charge in [0.1, 0.15) is 0 Å². The van der Waals surface area contributed by atoms with Gasteiger partial charge >= 0.3 is 0 Å². The van der Waals surface area contributed by atoms with Crippen molar-refractivity contribution in [3.8, 4) is 0 Å². The lowest BCUT2D eigenvalue weighted by molar-refractivity contribution is 0.0946. The van der Waals surface area contributed by atoms with Gasteiger partial charge in [-0.2, -0.15) is 0 Å². The van der Waals surface area contributed by atoms with Crippen LogP contribution in [0.1, 0.15) is 41.4 Å². The number of hydrogen-bond donors (Lipinski definition) is 4. The number of benzene rings is 2. The molecule has 112 valence electrons. The molecule has 0 heterocycles. The van der Waals surface area contributed by atoms with Crippen LogP contribution in [0.3, 0.4) is 0 Å². The van der Waals surface area contributed by atoms with Crippen molar-refractivity contribution in [1.29, 1.82) is 0 Å². The maximum Gasteiger partial charge on any atom is 0.250 e. The molecule has 0 unspecified atom stereocenters. The third-order valence-electron chi connectivity index (χ3n) is 3.20. The molecular weight excluding hydrogens is 288 g/mol. The minimum Gasteiger partial charge on any atom is -0.366 e.